The normalized spacial score (nSPS) is 12.3. The minimum Gasteiger partial charge on any atom is -0.504 e. The first-order valence-corrected chi connectivity index (χ1v) is 14.9. The van der Waals surface area contributed by atoms with E-state index in [4.69, 9.17) is 40.4 Å². The molecule has 0 spiro atoms. The lowest BCUT2D eigenvalue weighted by Crippen LogP contribution is -2.44. The molecule has 0 saturated heterocycles. The number of nitrogens with two attached hydrogens (primary N) is 1. The van der Waals surface area contributed by atoms with Crippen LogP contribution in [0.15, 0.2) is 36.4 Å². The highest BCUT2D eigenvalue weighted by Crippen LogP contribution is 2.26. The van der Waals surface area contributed by atoms with Crippen molar-refractivity contribution in [2.75, 3.05) is 0 Å². The second-order valence-corrected chi connectivity index (χ2v) is 13.6. The third kappa shape index (κ3) is 20.7. The number of nitrogens with one attached hydrogen (secondary N) is 1. The number of phenolic OH excluding ortho intramolecular Hbond substituents is 4. The van der Waals surface area contributed by atoms with E-state index in [1.165, 1.54) is 36.4 Å². The average molecular weight is 713 g/mol. The van der Waals surface area contributed by atoms with Crippen molar-refractivity contribution in [1.29, 1.82) is 0 Å². The summed E-state index contributed by atoms with van der Waals surface area (Å²) < 4.78 is 18.8. The maximum absolute atomic E-state index is 11.6. The minimum atomic E-state index is -1.23. The van der Waals surface area contributed by atoms with Crippen molar-refractivity contribution in [2.45, 2.75) is 104 Å². The monoisotopic (exact) mass is 712 g/mol. The Labute approximate surface area is 289 Å². The standard InChI is InChI=1S/C14H19NO6.C10H18O5.C9H11NO4/c1-14(2,3)21-13(20)15-9(12(18)19)6-8-4-5-10(16)11(17)7-8;1-9(2,3)14-7(11)13-8(12)15-10(4,5)6;10-6(9(13)14)3-5-1-2-7(11)8(12)4-5/h4-5,7,9,16-17H,6H2,1-3H3,(H,15,20)(H,18,19);1-6H3;1-2,4,6,11-12H,3,10H2,(H,13,14)/t9-;;6-/m0.0/s1. The van der Waals surface area contributed by atoms with Gasteiger partial charge in [-0.3, -0.25) is 4.79 Å². The van der Waals surface area contributed by atoms with Crippen molar-refractivity contribution >= 4 is 30.3 Å². The maximum Gasteiger partial charge on any atom is 0.519 e. The highest BCUT2D eigenvalue weighted by Gasteiger charge is 2.25. The van der Waals surface area contributed by atoms with Crippen LogP contribution in [0, 0.1) is 0 Å². The smallest absolute Gasteiger partial charge is 0.504 e. The average Bonchev–Trinajstić information content (AvgIpc) is 2.89. The van der Waals surface area contributed by atoms with Gasteiger partial charge in [0.15, 0.2) is 23.0 Å². The number of carbonyl (C=O) groups is 5. The highest BCUT2D eigenvalue weighted by atomic mass is 16.8. The molecular weight excluding hydrogens is 664 g/mol. The predicted molar refractivity (Wildman–Crippen MR) is 177 cm³/mol. The molecule has 17 heteroatoms. The molecule has 0 aliphatic rings. The molecule has 0 unspecified atom stereocenters. The summed E-state index contributed by atoms with van der Waals surface area (Å²) in [5.41, 5.74) is 4.19. The van der Waals surface area contributed by atoms with Gasteiger partial charge < -0.3 is 60.6 Å². The molecule has 0 aromatic heterocycles. The minimum absolute atomic E-state index is 0.0532. The van der Waals surface area contributed by atoms with Crippen LogP contribution in [0.1, 0.15) is 73.4 Å². The van der Waals surface area contributed by atoms with Crippen molar-refractivity contribution in [3.63, 3.8) is 0 Å². The van der Waals surface area contributed by atoms with Crippen molar-refractivity contribution < 1.29 is 73.6 Å². The Balaban J connectivity index is 0.000000741. The van der Waals surface area contributed by atoms with Crippen molar-refractivity contribution in [2.24, 2.45) is 5.73 Å². The van der Waals surface area contributed by atoms with E-state index in [-0.39, 0.29) is 35.8 Å². The third-order valence-corrected chi connectivity index (χ3v) is 5.23. The number of ether oxygens (including phenoxy) is 4. The van der Waals surface area contributed by atoms with E-state index < -0.39 is 59.2 Å². The third-order valence-electron chi connectivity index (χ3n) is 5.23. The fourth-order valence-corrected chi connectivity index (χ4v) is 3.23. The summed E-state index contributed by atoms with van der Waals surface area (Å²) in [5.74, 6) is -3.50. The molecule has 0 fully saturated rings. The molecule has 0 bridgehead atoms. The summed E-state index contributed by atoms with van der Waals surface area (Å²) in [7, 11) is 0. The van der Waals surface area contributed by atoms with Crippen LogP contribution < -0.4 is 11.1 Å². The topological polar surface area (TPSA) is 282 Å². The zero-order valence-electron chi connectivity index (χ0n) is 29.5. The lowest BCUT2D eigenvalue weighted by molar-refractivity contribution is -0.140. The van der Waals surface area contributed by atoms with Crippen molar-refractivity contribution in [3.8, 4) is 23.0 Å². The number of alkyl carbamates (subject to hydrolysis) is 1. The van der Waals surface area contributed by atoms with Crippen LogP contribution >= 0.6 is 0 Å². The number of aromatic hydroxyl groups is 4. The first-order chi connectivity index (χ1) is 22.6. The first kappa shape index (κ1) is 44.5. The molecular formula is C33H48N2O15. The van der Waals surface area contributed by atoms with Crippen molar-refractivity contribution in [1.82, 2.24) is 5.32 Å². The van der Waals surface area contributed by atoms with Gasteiger partial charge in [0.25, 0.3) is 0 Å². The van der Waals surface area contributed by atoms with E-state index in [1.54, 1.807) is 62.3 Å². The Bertz CT molecular complexity index is 1440. The van der Waals surface area contributed by atoms with E-state index >= 15 is 0 Å². The molecule has 280 valence electrons. The number of phenols is 4. The van der Waals surface area contributed by atoms with Gasteiger partial charge in [-0.05, 0) is 104 Å². The van der Waals surface area contributed by atoms with Gasteiger partial charge in [0, 0.05) is 6.42 Å². The Morgan fingerprint density at radius 1 is 0.620 bits per heavy atom. The number of amides is 1. The Kier molecular flexibility index (Phi) is 16.9. The van der Waals surface area contributed by atoms with Crippen LogP contribution in [0.2, 0.25) is 0 Å². The summed E-state index contributed by atoms with van der Waals surface area (Å²) >= 11 is 0. The van der Waals surface area contributed by atoms with E-state index in [0.717, 1.165) is 0 Å². The molecule has 50 heavy (non-hydrogen) atoms. The summed E-state index contributed by atoms with van der Waals surface area (Å²) in [5, 5.41) is 56.6. The molecule has 0 aliphatic carbocycles. The number of carbonyl (C=O) groups excluding carboxylic acids is 3. The molecule has 0 heterocycles. The Morgan fingerprint density at radius 3 is 1.32 bits per heavy atom. The van der Waals surface area contributed by atoms with Crippen LogP contribution in [-0.2, 0) is 41.4 Å². The first-order valence-electron chi connectivity index (χ1n) is 14.9. The summed E-state index contributed by atoms with van der Waals surface area (Å²) in [6.07, 6.45) is -2.89. The quantitative estimate of drug-likeness (QED) is 0.0846. The summed E-state index contributed by atoms with van der Waals surface area (Å²) in [6.45, 7) is 15.0. The van der Waals surface area contributed by atoms with Gasteiger partial charge in [0.1, 0.15) is 28.9 Å². The molecule has 0 aliphatic heterocycles. The van der Waals surface area contributed by atoms with E-state index in [0.29, 0.717) is 11.1 Å². The maximum atomic E-state index is 11.6. The second-order valence-electron chi connectivity index (χ2n) is 13.6. The highest BCUT2D eigenvalue weighted by molar-refractivity contribution is 5.80. The molecule has 0 saturated carbocycles. The fraction of sp³-hybridized carbons (Fsp3) is 0.485. The number of benzene rings is 2. The van der Waals surface area contributed by atoms with Crippen LogP contribution in [0.25, 0.3) is 0 Å². The molecule has 9 N–H and O–H groups in total. The Morgan fingerprint density at radius 2 is 1.00 bits per heavy atom. The molecule has 2 rings (SSSR count). The van der Waals surface area contributed by atoms with Gasteiger partial charge in [-0.1, -0.05) is 12.1 Å². The van der Waals surface area contributed by atoms with E-state index in [2.05, 4.69) is 10.1 Å². The zero-order valence-corrected chi connectivity index (χ0v) is 29.5. The summed E-state index contributed by atoms with van der Waals surface area (Å²) in [6, 6.07) is 5.83. The number of hydrogen-bond donors (Lipinski definition) is 8. The van der Waals surface area contributed by atoms with Gasteiger partial charge in [0.2, 0.25) is 0 Å². The van der Waals surface area contributed by atoms with Gasteiger partial charge in [-0.2, -0.15) is 0 Å². The Hall–Kier alpha value is -5.45. The molecule has 17 nitrogen and oxygen atoms in total. The number of carboxylic acids is 2. The van der Waals surface area contributed by atoms with Gasteiger partial charge in [0.05, 0.1) is 0 Å². The number of rotatable bonds is 7. The number of hydrogen-bond acceptors (Lipinski definition) is 14. The van der Waals surface area contributed by atoms with Crippen molar-refractivity contribution in [3.05, 3.63) is 47.5 Å². The molecule has 1 amide bonds. The van der Waals surface area contributed by atoms with Crippen LogP contribution in [0.5, 0.6) is 23.0 Å². The molecule has 2 atom stereocenters. The predicted octanol–water partition coefficient (Wildman–Crippen LogP) is 4.54. The van der Waals surface area contributed by atoms with Gasteiger partial charge >= 0.3 is 30.3 Å². The number of aliphatic carboxylic acids is 2. The zero-order chi connectivity index (χ0) is 39.2. The van der Waals surface area contributed by atoms with Gasteiger partial charge in [-0.25, -0.2) is 19.2 Å². The van der Waals surface area contributed by atoms with E-state index in [1.807, 2.05) is 0 Å². The summed E-state index contributed by atoms with van der Waals surface area (Å²) in [4.78, 5) is 55.2. The largest absolute Gasteiger partial charge is 0.519 e. The lowest BCUT2D eigenvalue weighted by Gasteiger charge is -2.22. The molecule has 2 aromatic carbocycles. The van der Waals surface area contributed by atoms with Gasteiger partial charge in [-0.15, -0.1) is 0 Å². The van der Waals surface area contributed by atoms with E-state index in [9.17, 15) is 34.2 Å². The fourth-order valence-electron chi connectivity index (χ4n) is 3.23. The van der Waals surface area contributed by atoms with Crippen LogP contribution in [-0.4, -0.2) is 89.9 Å². The number of carboxylic acid groups (broad SMARTS) is 2. The van der Waals surface area contributed by atoms with Crippen LogP contribution in [0.3, 0.4) is 0 Å². The molecule has 2 aromatic rings. The molecule has 0 radical (unpaired) electrons. The second kappa shape index (κ2) is 18.9. The van der Waals surface area contributed by atoms with Crippen LogP contribution in [0.4, 0.5) is 14.4 Å². The SMILES string of the molecule is CC(C)(C)OC(=O)N[C@@H](Cc1ccc(O)c(O)c1)C(=O)O.CC(C)(C)OC(=O)OC(=O)OC(C)(C)C.N[C@@H](Cc1ccc(O)c(O)c1)C(=O)O. The lowest BCUT2D eigenvalue weighted by atomic mass is 10.1.